The Morgan fingerprint density at radius 3 is 2.33 bits per heavy atom. The van der Waals surface area contributed by atoms with Crippen LogP contribution in [0.15, 0.2) is 48.7 Å². The van der Waals surface area contributed by atoms with Gasteiger partial charge in [-0.25, -0.2) is 4.39 Å². The van der Waals surface area contributed by atoms with E-state index in [-0.39, 0.29) is 5.92 Å². The molecule has 0 aliphatic heterocycles. The lowest BCUT2D eigenvalue weighted by atomic mass is 9.99. The number of hydrogen-bond donors (Lipinski definition) is 2. The van der Waals surface area contributed by atoms with Gasteiger partial charge in [0, 0.05) is 11.3 Å². The van der Waals surface area contributed by atoms with E-state index >= 15 is 0 Å². The number of halogens is 1. The van der Waals surface area contributed by atoms with Crippen molar-refractivity contribution in [2.75, 3.05) is 6.67 Å². The zero-order valence-electron chi connectivity index (χ0n) is 14.3. The first-order chi connectivity index (χ1) is 11.4. The number of nitrogens with zero attached hydrogens (tertiary/aromatic N) is 2. The van der Waals surface area contributed by atoms with E-state index in [1.807, 2.05) is 45.0 Å². The van der Waals surface area contributed by atoms with Crippen LogP contribution in [0, 0.1) is 12.8 Å². The number of nitrogens with one attached hydrogen (secondary N) is 1. The zero-order valence-corrected chi connectivity index (χ0v) is 14.3. The van der Waals surface area contributed by atoms with Crippen molar-refractivity contribution in [3.63, 3.8) is 0 Å². The van der Waals surface area contributed by atoms with Crippen LogP contribution in [0.25, 0.3) is 11.3 Å². The monoisotopic (exact) mass is 329 g/mol. The number of rotatable bonds is 7. The molecule has 2 rings (SSSR count). The quantitative estimate of drug-likeness (QED) is 0.815. The smallest absolute Gasteiger partial charge is 0.112 e. The molecule has 0 saturated carbocycles. The number of alkyl halides is 1. The van der Waals surface area contributed by atoms with Crippen molar-refractivity contribution < 1.29 is 9.50 Å². The molecule has 1 heterocycles. The molecule has 1 aromatic carbocycles. The summed E-state index contributed by atoms with van der Waals surface area (Å²) in [4.78, 5) is 0. The number of aliphatic hydroxyl groups excluding tert-OH is 1. The van der Waals surface area contributed by atoms with Gasteiger partial charge in [-0.05, 0) is 30.5 Å². The normalized spacial score (nSPS) is 13.6. The summed E-state index contributed by atoms with van der Waals surface area (Å²) in [5.41, 5.74) is 3.87. The molecule has 0 amide bonds. The molecule has 2 N–H and O–H groups in total. The second-order valence-electron chi connectivity index (χ2n) is 6.21. The van der Waals surface area contributed by atoms with Crippen LogP contribution < -0.4 is 5.32 Å². The second kappa shape index (κ2) is 8.02. The van der Waals surface area contributed by atoms with Gasteiger partial charge in [-0.15, -0.1) is 0 Å². The minimum atomic E-state index is -0.955. The summed E-state index contributed by atoms with van der Waals surface area (Å²) in [7, 11) is 0. The predicted molar refractivity (Wildman–Crippen MR) is 94.0 cm³/mol. The van der Waals surface area contributed by atoms with E-state index in [2.05, 4.69) is 22.1 Å². The fourth-order valence-corrected chi connectivity index (χ4v) is 2.24. The molecule has 2 aromatic rings. The second-order valence-corrected chi connectivity index (χ2v) is 6.21. The Bertz CT molecular complexity index is 668. The molecule has 0 aliphatic rings. The Labute approximate surface area is 142 Å². The fraction of sp³-hybridized carbons (Fsp3) is 0.368. The largest absolute Gasteiger partial charge is 0.386 e. The van der Waals surface area contributed by atoms with Crippen LogP contribution in [0.1, 0.15) is 31.2 Å². The van der Waals surface area contributed by atoms with Gasteiger partial charge in [0.2, 0.25) is 0 Å². The molecule has 0 bridgehead atoms. The molecule has 0 saturated heterocycles. The van der Waals surface area contributed by atoms with Gasteiger partial charge in [-0.2, -0.15) is 10.2 Å². The molecular formula is C19H24FN3O. The minimum absolute atomic E-state index is 0.175. The summed E-state index contributed by atoms with van der Waals surface area (Å²) in [6.45, 7) is 9.01. The third-order valence-electron chi connectivity index (χ3n) is 3.96. The van der Waals surface area contributed by atoms with E-state index in [0.29, 0.717) is 11.3 Å². The molecule has 1 aromatic heterocycles. The van der Waals surface area contributed by atoms with Crippen LogP contribution in [-0.4, -0.2) is 28.0 Å². The lowest BCUT2D eigenvalue weighted by molar-refractivity contribution is 0.117. The van der Waals surface area contributed by atoms with E-state index in [4.69, 9.17) is 0 Å². The molecule has 5 heteroatoms. The number of aromatic nitrogens is 2. The molecule has 0 radical (unpaired) electrons. The van der Waals surface area contributed by atoms with Gasteiger partial charge >= 0.3 is 0 Å². The van der Waals surface area contributed by atoms with Crippen LogP contribution in [0.4, 0.5) is 4.39 Å². The van der Waals surface area contributed by atoms with Crippen molar-refractivity contribution in [1.29, 1.82) is 0 Å². The van der Waals surface area contributed by atoms with Gasteiger partial charge in [0.1, 0.15) is 12.8 Å². The zero-order chi connectivity index (χ0) is 17.7. The lowest BCUT2D eigenvalue weighted by Gasteiger charge is -2.25. The van der Waals surface area contributed by atoms with Crippen LogP contribution in [0.2, 0.25) is 0 Å². The maximum absolute atomic E-state index is 13.3. The number of allylic oxidation sites excluding steroid dienone is 1. The topological polar surface area (TPSA) is 58.0 Å². The molecule has 2 atom stereocenters. The van der Waals surface area contributed by atoms with Crippen LogP contribution in [0.3, 0.4) is 0 Å². The molecule has 128 valence electrons. The van der Waals surface area contributed by atoms with Crippen LogP contribution >= 0.6 is 0 Å². The summed E-state index contributed by atoms with van der Waals surface area (Å²) in [5, 5.41) is 21.6. The third-order valence-corrected chi connectivity index (χ3v) is 3.96. The Hall–Kier alpha value is -2.27. The highest BCUT2D eigenvalue weighted by Crippen LogP contribution is 2.23. The molecule has 4 nitrogen and oxygen atoms in total. The van der Waals surface area contributed by atoms with Gasteiger partial charge in [-0.3, -0.25) is 0 Å². The maximum atomic E-state index is 13.3. The minimum Gasteiger partial charge on any atom is -0.386 e. The van der Waals surface area contributed by atoms with Crippen molar-refractivity contribution >= 4 is 0 Å². The molecular weight excluding hydrogens is 305 g/mol. The Morgan fingerprint density at radius 2 is 1.83 bits per heavy atom. The van der Waals surface area contributed by atoms with Crippen molar-refractivity contribution in [1.82, 2.24) is 15.5 Å². The molecule has 0 fully saturated rings. The fourth-order valence-electron chi connectivity index (χ4n) is 2.24. The number of aryl methyl sites for hydroxylation is 1. The molecule has 24 heavy (non-hydrogen) atoms. The van der Waals surface area contributed by atoms with Crippen molar-refractivity contribution in [3.05, 3.63) is 59.9 Å². The summed E-state index contributed by atoms with van der Waals surface area (Å²) in [5.74, 6) is 0.175. The average Bonchev–Trinajstić information content (AvgIpc) is 2.59. The number of aliphatic hydroxyl groups is 1. The third kappa shape index (κ3) is 4.38. The summed E-state index contributed by atoms with van der Waals surface area (Å²) in [6.07, 6.45) is -0.955. The van der Waals surface area contributed by atoms with Gasteiger partial charge in [-0.1, -0.05) is 44.7 Å². The van der Waals surface area contributed by atoms with Gasteiger partial charge in [0.05, 0.1) is 17.4 Å². The highest BCUT2D eigenvalue weighted by molar-refractivity contribution is 5.58. The summed E-state index contributed by atoms with van der Waals surface area (Å²) >= 11 is 0. The van der Waals surface area contributed by atoms with E-state index in [1.165, 1.54) is 0 Å². The predicted octanol–water partition coefficient (Wildman–Crippen LogP) is 3.58. The van der Waals surface area contributed by atoms with E-state index < -0.39 is 18.8 Å². The van der Waals surface area contributed by atoms with E-state index in [9.17, 15) is 9.50 Å². The highest BCUT2D eigenvalue weighted by atomic mass is 19.1. The SMILES string of the molecule is C=C(NC(CF)C(O)c1ccc(-c2ccc(C)nn2)cc1)C(C)C. The first-order valence-electron chi connectivity index (χ1n) is 8.02. The number of hydrogen-bond acceptors (Lipinski definition) is 4. The van der Waals surface area contributed by atoms with E-state index in [0.717, 1.165) is 17.0 Å². The standard InChI is InChI=1S/C19H24FN3O/c1-12(2)14(4)21-18(11-20)19(24)16-8-6-15(7-9-16)17-10-5-13(3)22-23-17/h5-10,12,18-19,21,24H,4,11H2,1-3H3. The molecule has 2 unspecified atom stereocenters. The Balaban J connectivity index is 2.13. The first-order valence-corrected chi connectivity index (χ1v) is 8.02. The Kier molecular flexibility index (Phi) is 6.04. The van der Waals surface area contributed by atoms with Gasteiger partial charge in [0.25, 0.3) is 0 Å². The van der Waals surface area contributed by atoms with Gasteiger partial charge < -0.3 is 10.4 Å². The Morgan fingerprint density at radius 1 is 1.17 bits per heavy atom. The van der Waals surface area contributed by atoms with E-state index in [1.54, 1.807) is 12.1 Å². The highest BCUT2D eigenvalue weighted by Gasteiger charge is 2.22. The van der Waals surface area contributed by atoms with Gasteiger partial charge in [0.15, 0.2) is 0 Å². The first kappa shape index (κ1) is 18.1. The van der Waals surface area contributed by atoms with Crippen molar-refractivity contribution in [2.24, 2.45) is 5.92 Å². The summed E-state index contributed by atoms with van der Waals surface area (Å²) in [6, 6.07) is 10.3. The van der Waals surface area contributed by atoms with Crippen LogP contribution in [-0.2, 0) is 0 Å². The van der Waals surface area contributed by atoms with Crippen molar-refractivity contribution in [3.8, 4) is 11.3 Å². The average molecular weight is 329 g/mol. The molecule has 0 spiro atoms. The number of benzene rings is 1. The van der Waals surface area contributed by atoms with Crippen molar-refractivity contribution in [2.45, 2.75) is 32.9 Å². The maximum Gasteiger partial charge on any atom is 0.112 e. The van der Waals surface area contributed by atoms with Crippen LogP contribution in [0.5, 0.6) is 0 Å². The summed E-state index contributed by atoms with van der Waals surface area (Å²) < 4.78 is 13.3. The molecule has 0 aliphatic carbocycles. The lowest BCUT2D eigenvalue weighted by Crippen LogP contribution is -2.37.